The van der Waals surface area contributed by atoms with E-state index in [9.17, 15) is 20.6 Å². The highest BCUT2D eigenvalue weighted by atomic mass is 16.3. The minimum absolute atomic E-state index is 0.0247. The van der Waals surface area contributed by atoms with E-state index in [2.05, 4.69) is 15.5 Å². The molecule has 0 fully saturated rings. The largest absolute Gasteiger partial charge is 0.507 e. The van der Waals surface area contributed by atoms with Gasteiger partial charge in [-0.3, -0.25) is 0 Å². The number of phenolic OH excluding ortho intramolecular Hbond substituents is 2. The molecule has 6 aromatic carbocycles. The number of benzene rings is 6. The summed E-state index contributed by atoms with van der Waals surface area (Å²) in [6.07, 6.45) is 1.52. The Bertz CT molecular complexity index is 2760. The maximum absolute atomic E-state index is 12.5. The van der Waals surface area contributed by atoms with Gasteiger partial charge < -0.3 is 31.7 Å². The zero-order valence-corrected chi connectivity index (χ0v) is 27.4. The van der Waals surface area contributed by atoms with Gasteiger partial charge in [0.05, 0.1) is 29.1 Å². The van der Waals surface area contributed by atoms with Gasteiger partial charge in [-0.15, -0.1) is 0 Å². The van der Waals surface area contributed by atoms with E-state index in [4.69, 9.17) is 18.0 Å². The maximum atomic E-state index is 12.5. The molecule has 0 spiro atoms. The standard InChI is InChI=1S/C41H30N6O3/c1-45-25(18-42)32-37(35-30-21(6-4-8-23(30)43)39(46(2)3)22-7-5-9-24(44)31(22)35)41(50)38(32)36-33-26(48)12-10-19-14-16-47-17-15-20-11-13-27(49)34(36)29(20)40(47)28(19)33/h4-13H,14-17,43-44H2,2-3H3,(H2-,48,49,50)/p+1/b32-25-. The predicted molar refractivity (Wildman–Crippen MR) is 199 cm³/mol. The average molecular weight is 656 g/mol. The molecule has 3 aliphatic rings. The summed E-state index contributed by atoms with van der Waals surface area (Å²) in [5.74, 6) is -0.231. The van der Waals surface area contributed by atoms with Crippen molar-refractivity contribution in [1.29, 1.82) is 5.26 Å². The third-order valence-corrected chi connectivity index (χ3v) is 10.7. The summed E-state index contributed by atoms with van der Waals surface area (Å²) in [5, 5.41) is 53.2. The number of hydrogen-bond donors (Lipinski definition) is 5. The highest BCUT2D eigenvalue weighted by Crippen LogP contribution is 2.55. The molecule has 2 aliphatic heterocycles. The van der Waals surface area contributed by atoms with E-state index in [0.29, 0.717) is 43.7 Å². The third kappa shape index (κ3) is 3.56. The van der Waals surface area contributed by atoms with E-state index in [1.165, 1.54) is 0 Å². The Kier molecular flexibility index (Phi) is 5.97. The van der Waals surface area contributed by atoms with Crippen LogP contribution in [0.15, 0.2) is 77.7 Å². The molecule has 0 radical (unpaired) electrons. The normalized spacial score (nSPS) is 15.9. The number of nitrogens with two attached hydrogens (primary N) is 2. The molecule has 242 valence electrons. The molecule has 1 aliphatic carbocycles. The number of aliphatic hydroxyl groups excluding tert-OH is 1. The molecule has 9 heteroatoms. The SMILES string of the molecule is [C-]#[N+]/C(C#N)=C1/C(c2c3c(N)cccc3c(N(C)C)c3cccc(N)c23)=C(O)C1=c1c2c(O)ccc3c2c2c4c(ccc(O)c14)CC[N+]=2CC3. The average Bonchev–Trinajstić information content (AvgIpc) is 3.10. The molecule has 7 N–H and O–H groups in total. The van der Waals surface area contributed by atoms with Gasteiger partial charge in [0.1, 0.15) is 30.3 Å². The molecular weight excluding hydrogens is 624 g/mol. The maximum Gasteiger partial charge on any atom is 0.270 e. The summed E-state index contributed by atoms with van der Waals surface area (Å²) in [5.41, 5.74) is 18.3. The third-order valence-electron chi connectivity index (χ3n) is 10.7. The number of aromatic hydroxyl groups is 2. The zero-order valence-electron chi connectivity index (χ0n) is 27.4. The fourth-order valence-electron chi connectivity index (χ4n) is 8.78. The van der Waals surface area contributed by atoms with E-state index in [1.807, 2.05) is 55.4 Å². The van der Waals surface area contributed by atoms with E-state index in [1.54, 1.807) is 24.3 Å². The van der Waals surface area contributed by atoms with Gasteiger partial charge in [-0.25, -0.2) is 14.7 Å². The summed E-state index contributed by atoms with van der Waals surface area (Å²) in [4.78, 5) is 5.67. The number of anilines is 3. The van der Waals surface area contributed by atoms with Gasteiger partial charge >= 0.3 is 0 Å². The lowest BCUT2D eigenvalue weighted by atomic mass is 9.72. The van der Waals surface area contributed by atoms with Crippen LogP contribution in [0.25, 0.3) is 59.1 Å². The van der Waals surface area contributed by atoms with Crippen LogP contribution < -0.4 is 31.5 Å². The first-order chi connectivity index (χ1) is 24.2. The Morgan fingerprint density at radius 3 is 1.80 bits per heavy atom. The molecule has 2 heterocycles. The first-order valence-corrected chi connectivity index (χ1v) is 16.4. The number of rotatable bonds is 2. The first-order valence-electron chi connectivity index (χ1n) is 16.4. The Morgan fingerprint density at radius 2 is 1.32 bits per heavy atom. The van der Waals surface area contributed by atoms with Crippen molar-refractivity contribution in [3.63, 3.8) is 0 Å². The first kappa shape index (κ1) is 29.4. The van der Waals surface area contributed by atoms with Gasteiger partial charge in [0, 0.05) is 98.1 Å². The van der Waals surface area contributed by atoms with Crippen molar-refractivity contribution in [2.45, 2.75) is 12.8 Å². The summed E-state index contributed by atoms with van der Waals surface area (Å²) in [6.45, 7) is 9.75. The molecule has 0 bridgehead atoms. The molecule has 9 nitrogen and oxygen atoms in total. The fourth-order valence-corrected chi connectivity index (χ4v) is 8.78. The van der Waals surface area contributed by atoms with Crippen LogP contribution in [0.4, 0.5) is 17.1 Å². The second-order valence-corrected chi connectivity index (χ2v) is 13.4. The van der Waals surface area contributed by atoms with E-state index in [-0.39, 0.29) is 39.7 Å². The Balaban J connectivity index is 1.60. The van der Waals surface area contributed by atoms with Crippen LogP contribution >= 0.6 is 0 Å². The summed E-state index contributed by atoms with van der Waals surface area (Å²) < 4.78 is 2.30. The smallest absolute Gasteiger partial charge is 0.270 e. The van der Waals surface area contributed by atoms with Crippen molar-refractivity contribution < 1.29 is 15.3 Å². The lowest BCUT2D eigenvalue weighted by Gasteiger charge is -2.32. The molecule has 9 rings (SSSR count). The van der Waals surface area contributed by atoms with Gasteiger partial charge in [0.2, 0.25) is 5.36 Å². The van der Waals surface area contributed by atoms with Gasteiger partial charge in [-0.1, -0.05) is 36.4 Å². The Hall–Kier alpha value is -6.71. The fraction of sp³-hybridized carbons (Fsp3) is 0.146. The van der Waals surface area contributed by atoms with Crippen molar-refractivity contribution in [2.24, 2.45) is 0 Å². The number of allylic oxidation sites excluding steroid dienone is 3. The van der Waals surface area contributed by atoms with Crippen LogP contribution in [0.2, 0.25) is 0 Å². The highest BCUT2D eigenvalue weighted by molar-refractivity contribution is 6.29. The van der Waals surface area contributed by atoms with Crippen molar-refractivity contribution >= 4 is 71.3 Å². The van der Waals surface area contributed by atoms with E-state index in [0.717, 1.165) is 69.6 Å². The van der Waals surface area contributed by atoms with Gasteiger partial charge in [0.15, 0.2) is 0 Å². The van der Waals surface area contributed by atoms with Gasteiger partial charge in [-0.2, -0.15) is 0 Å². The van der Waals surface area contributed by atoms with Crippen LogP contribution in [0.1, 0.15) is 16.7 Å². The number of fused-ring (bicyclic) bond motifs is 2. The minimum atomic E-state index is -0.243. The quantitative estimate of drug-likeness (QED) is 0.0554. The van der Waals surface area contributed by atoms with Crippen LogP contribution in [-0.4, -0.2) is 42.5 Å². The number of phenols is 2. The molecule has 0 amide bonds. The monoisotopic (exact) mass is 655 g/mol. The molecule has 0 saturated carbocycles. The summed E-state index contributed by atoms with van der Waals surface area (Å²) in [7, 11) is 3.88. The molecule has 0 unspecified atom stereocenters. The van der Waals surface area contributed by atoms with Gasteiger partial charge in [-0.05, 0) is 35.4 Å². The van der Waals surface area contributed by atoms with E-state index < -0.39 is 0 Å². The summed E-state index contributed by atoms with van der Waals surface area (Å²) >= 11 is 0. The van der Waals surface area contributed by atoms with Crippen LogP contribution in [0, 0.1) is 17.9 Å². The number of hydrogen-bond acceptors (Lipinski definition) is 7. The molecule has 0 atom stereocenters. The predicted octanol–water partition coefficient (Wildman–Crippen LogP) is 5.37. The van der Waals surface area contributed by atoms with Crippen molar-refractivity contribution in [1.82, 2.24) is 4.58 Å². The van der Waals surface area contributed by atoms with Crippen LogP contribution in [0.3, 0.4) is 0 Å². The Morgan fingerprint density at radius 1 is 0.780 bits per heavy atom. The Labute approximate surface area is 286 Å². The lowest BCUT2D eigenvalue weighted by Crippen LogP contribution is -2.42. The number of nitrogen functional groups attached to an aromatic ring is 2. The second-order valence-electron chi connectivity index (χ2n) is 13.4. The topological polar surface area (TPSA) is 147 Å². The lowest BCUT2D eigenvalue weighted by molar-refractivity contribution is 0.434. The highest BCUT2D eigenvalue weighted by Gasteiger charge is 2.40. The molecule has 0 aromatic heterocycles. The van der Waals surface area contributed by atoms with Crippen molar-refractivity contribution in [3.05, 3.63) is 116 Å². The van der Waals surface area contributed by atoms with Crippen LogP contribution in [-0.2, 0) is 12.8 Å². The zero-order chi connectivity index (χ0) is 34.7. The molecular formula is C41H31N6O3+. The molecule has 6 aromatic rings. The second kappa shape index (κ2) is 10.1. The van der Waals surface area contributed by atoms with Gasteiger partial charge in [0.25, 0.3) is 5.70 Å². The molecule has 50 heavy (non-hydrogen) atoms. The number of nitrogens with zero attached hydrogens (tertiary/aromatic N) is 4. The van der Waals surface area contributed by atoms with Crippen molar-refractivity contribution in [2.75, 3.05) is 43.6 Å². The number of nitriles is 1. The number of aliphatic hydroxyl groups is 1. The minimum Gasteiger partial charge on any atom is -0.507 e. The summed E-state index contributed by atoms with van der Waals surface area (Å²) in [6, 6.07) is 20.4. The molecule has 0 saturated heterocycles. The van der Waals surface area contributed by atoms with Crippen LogP contribution in [0.5, 0.6) is 11.5 Å². The van der Waals surface area contributed by atoms with Crippen molar-refractivity contribution in [3.8, 4) is 17.6 Å². The van der Waals surface area contributed by atoms with E-state index >= 15 is 0 Å².